The van der Waals surface area contributed by atoms with Crippen LogP contribution in [0.2, 0.25) is 0 Å². The van der Waals surface area contributed by atoms with Crippen molar-refractivity contribution >= 4 is 10.0 Å². The molecule has 0 radical (unpaired) electrons. The van der Waals surface area contributed by atoms with Crippen LogP contribution in [-0.4, -0.2) is 35.9 Å². The zero-order valence-electron chi connectivity index (χ0n) is 10.6. The molecular weight excluding hydrogens is 256 g/mol. The predicted molar refractivity (Wildman–Crippen MR) is 64.4 cm³/mol. The zero-order valence-corrected chi connectivity index (χ0v) is 11.4. The molecule has 0 bridgehead atoms. The molecule has 0 unspecified atom stereocenters. The molecule has 1 aliphatic rings. The molecule has 1 saturated carbocycles. The van der Waals surface area contributed by atoms with E-state index >= 15 is 0 Å². The van der Waals surface area contributed by atoms with Gasteiger partial charge in [0.1, 0.15) is 5.82 Å². The van der Waals surface area contributed by atoms with Gasteiger partial charge in [-0.2, -0.15) is 0 Å². The first-order chi connectivity index (χ1) is 8.42. The second-order valence-electron chi connectivity index (χ2n) is 4.61. The molecule has 1 heterocycles. The van der Waals surface area contributed by atoms with Crippen LogP contribution in [0, 0.1) is 0 Å². The Balaban J connectivity index is 2.32. The summed E-state index contributed by atoms with van der Waals surface area (Å²) in [5, 5.41) is 12.6. The van der Waals surface area contributed by atoms with Crippen LogP contribution in [0.4, 0.5) is 0 Å². The quantitative estimate of drug-likeness (QED) is 0.818. The molecule has 7 nitrogen and oxygen atoms in total. The number of ether oxygens (including phenoxy) is 1. The average Bonchev–Trinajstić information content (AvgIpc) is 2.65. The number of rotatable bonds is 5. The summed E-state index contributed by atoms with van der Waals surface area (Å²) in [5.41, 5.74) is -0.213. The Morgan fingerprint density at radius 3 is 2.50 bits per heavy atom. The van der Waals surface area contributed by atoms with Crippen LogP contribution in [0.5, 0.6) is 0 Å². The highest BCUT2D eigenvalue weighted by Gasteiger charge is 2.39. The van der Waals surface area contributed by atoms with E-state index in [0.717, 1.165) is 19.3 Å². The third kappa shape index (κ3) is 2.27. The Hall–Kier alpha value is -0.990. The number of methoxy groups -OCH3 is 1. The van der Waals surface area contributed by atoms with Crippen LogP contribution in [0.25, 0.3) is 0 Å². The van der Waals surface area contributed by atoms with Crippen molar-refractivity contribution in [1.82, 2.24) is 14.8 Å². The van der Waals surface area contributed by atoms with Gasteiger partial charge in [-0.3, -0.25) is 0 Å². The fraction of sp³-hybridized carbons (Fsp3) is 0.800. The molecule has 0 amide bonds. The Labute approximate surface area is 106 Å². The SMILES string of the molecule is CCn1c(CC2(OC)CCC2)nnc1S(N)(=O)=O. The van der Waals surface area contributed by atoms with Crippen LogP contribution in [-0.2, 0) is 27.7 Å². The second kappa shape index (κ2) is 4.60. The summed E-state index contributed by atoms with van der Waals surface area (Å²) >= 11 is 0. The topological polar surface area (TPSA) is 100 Å². The van der Waals surface area contributed by atoms with Gasteiger partial charge in [0.25, 0.3) is 15.2 Å². The zero-order chi connectivity index (χ0) is 13.4. The number of aromatic nitrogens is 3. The molecule has 1 aromatic heterocycles. The molecule has 2 rings (SSSR count). The molecule has 0 spiro atoms. The lowest BCUT2D eigenvalue weighted by Crippen LogP contribution is -2.42. The van der Waals surface area contributed by atoms with Gasteiger partial charge in [-0.15, -0.1) is 10.2 Å². The second-order valence-corrected chi connectivity index (χ2v) is 6.06. The van der Waals surface area contributed by atoms with Crippen molar-refractivity contribution in [3.8, 4) is 0 Å². The standard InChI is InChI=1S/C10H18N4O3S/c1-3-14-8(7-10(17-2)5-4-6-10)12-13-9(14)18(11,15)16/h3-7H2,1-2H3,(H2,11,15,16). The third-order valence-corrected chi connectivity index (χ3v) is 4.35. The minimum atomic E-state index is -3.83. The van der Waals surface area contributed by atoms with E-state index in [9.17, 15) is 8.42 Å². The van der Waals surface area contributed by atoms with Gasteiger partial charge in [0.05, 0.1) is 5.60 Å². The molecule has 1 aliphatic carbocycles. The van der Waals surface area contributed by atoms with Gasteiger partial charge in [-0.05, 0) is 26.2 Å². The largest absolute Gasteiger partial charge is 0.378 e. The lowest BCUT2D eigenvalue weighted by molar-refractivity contribution is -0.0727. The van der Waals surface area contributed by atoms with Crippen LogP contribution < -0.4 is 5.14 Å². The van der Waals surface area contributed by atoms with Crippen molar-refractivity contribution in [3.05, 3.63) is 5.82 Å². The molecule has 0 atom stereocenters. The maximum Gasteiger partial charge on any atom is 0.273 e. The minimum Gasteiger partial charge on any atom is -0.378 e. The van der Waals surface area contributed by atoms with Gasteiger partial charge in [-0.1, -0.05) is 0 Å². The molecular formula is C10H18N4O3S. The Kier molecular flexibility index (Phi) is 3.43. The Morgan fingerprint density at radius 2 is 2.11 bits per heavy atom. The van der Waals surface area contributed by atoms with E-state index in [4.69, 9.17) is 9.88 Å². The minimum absolute atomic E-state index is 0.175. The summed E-state index contributed by atoms with van der Waals surface area (Å²) in [6, 6.07) is 0. The lowest BCUT2D eigenvalue weighted by atomic mass is 9.77. The van der Waals surface area contributed by atoms with E-state index in [1.165, 1.54) is 4.57 Å². The summed E-state index contributed by atoms with van der Waals surface area (Å²) in [6.45, 7) is 2.30. The van der Waals surface area contributed by atoms with E-state index in [2.05, 4.69) is 10.2 Å². The third-order valence-electron chi connectivity index (χ3n) is 3.54. The van der Waals surface area contributed by atoms with Crippen molar-refractivity contribution in [1.29, 1.82) is 0 Å². The summed E-state index contributed by atoms with van der Waals surface area (Å²) in [4.78, 5) is 0. The van der Waals surface area contributed by atoms with Crippen molar-refractivity contribution in [2.75, 3.05) is 7.11 Å². The van der Waals surface area contributed by atoms with Crippen LogP contribution in [0.3, 0.4) is 0 Å². The molecule has 18 heavy (non-hydrogen) atoms. The molecule has 2 N–H and O–H groups in total. The normalized spacial score (nSPS) is 18.6. The summed E-state index contributed by atoms with van der Waals surface area (Å²) in [6.07, 6.45) is 3.62. The molecule has 1 fully saturated rings. The summed E-state index contributed by atoms with van der Waals surface area (Å²) in [7, 11) is -2.15. The van der Waals surface area contributed by atoms with E-state index < -0.39 is 10.0 Å². The Morgan fingerprint density at radius 1 is 1.44 bits per heavy atom. The summed E-state index contributed by atoms with van der Waals surface area (Å²) in [5.74, 6) is 0.614. The van der Waals surface area contributed by atoms with Crippen molar-refractivity contribution < 1.29 is 13.2 Å². The number of nitrogens with two attached hydrogens (primary N) is 1. The number of primary sulfonamides is 1. The number of hydrogen-bond acceptors (Lipinski definition) is 5. The highest BCUT2D eigenvalue weighted by molar-refractivity contribution is 7.89. The first-order valence-corrected chi connectivity index (χ1v) is 7.46. The van der Waals surface area contributed by atoms with Gasteiger partial charge in [0.15, 0.2) is 0 Å². The molecule has 102 valence electrons. The predicted octanol–water partition coefficient (Wildman–Crippen LogP) is 0.0570. The molecule has 8 heteroatoms. The Bertz CT molecular complexity index is 528. The summed E-state index contributed by atoms with van der Waals surface area (Å²) < 4.78 is 29.8. The highest BCUT2D eigenvalue weighted by atomic mass is 32.2. The van der Waals surface area contributed by atoms with E-state index in [1.807, 2.05) is 6.92 Å². The van der Waals surface area contributed by atoms with E-state index in [-0.39, 0.29) is 10.8 Å². The van der Waals surface area contributed by atoms with Crippen molar-refractivity contribution in [3.63, 3.8) is 0 Å². The van der Waals surface area contributed by atoms with E-state index in [1.54, 1.807) is 7.11 Å². The van der Waals surface area contributed by atoms with Gasteiger partial charge >= 0.3 is 0 Å². The number of sulfonamides is 1. The fourth-order valence-electron chi connectivity index (χ4n) is 2.29. The van der Waals surface area contributed by atoms with Gasteiger partial charge < -0.3 is 9.30 Å². The molecule has 1 aromatic rings. The molecule has 0 aromatic carbocycles. The maximum absolute atomic E-state index is 11.4. The first-order valence-electron chi connectivity index (χ1n) is 5.92. The smallest absolute Gasteiger partial charge is 0.273 e. The van der Waals surface area contributed by atoms with Gasteiger partial charge in [0.2, 0.25) is 0 Å². The van der Waals surface area contributed by atoms with Gasteiger partial charge in [0, 0.05) is 20.1 Å². The van der Waals surface area contributed by atoms with Crippen LogP contribution >= 0.6 is 0 Å². The first kappa shape index (κ1) is 13.4. The number of hydrogen-bond donors (Lipinski definition) is 1. The van der Waals surface area contributed by atoms with Crippen molar-refractivity contribution in [2.24, 2.45) is 5.14 Å². The molecule has 0 saturated heterocycles. The maximum atomic E-state index is 11.4. The number of nitrogens with zero attached hydrogens (tertiary/aromatic N) is 3. The average molecular weight is 274 g/mol. The van der Waals surface area contributed by atoms with Crippen LogP contribution in [0.1, 0.15) is 32.0 Å². The van der Waals surface area contributed by atoms with E-state index in [0.29, 0.717) is 18.8 Å². The highest BCUT2D eigenvalue weighted by Crippen LogP contribution is 2.37. The van der Waals surface area contributed by atoms with Gasteiger partial charge in [-0.25, -0.2) is 13.6 Å². The van der Waals surface area contributed by atoms with Crippen molar-refractivity contribution in [2.45, 2.75) is 49.9 Å². The fourth-order valence-corrected chi connectivity index (χ4v) is 2.99. The lowest BCUT2D eigenvalue weighted by Gasteiger charge is -2.40. The monoisotopic (exact) mass is 274 g/mol. The van der Waals surface area contributed by atoms with Crippen LogP contribution in [0.15, 0.2) is 5.16 Å². The molecule has 0 aliphatic heterocycles.